The van der Waals surface area contributed by atoms with Gasteiger partial charge in [-0.25, -0.2) is 0 Å². The first-order valence-corrected chi connectivity index (χ1v) is 9.28. The minimum atomic E-state index is -0.430. The molecule has 4 rings (SSSR count). The summed E-state index contributed by atoms with van der Waals surface area (Å²) in [6, 6.07) is 22.3. The molecule has 1 aliphatic heterocycles. The maximum atomic E-state index is 13.5. The molecule has 0 spiro atoms. The number of anilines is 3. The first kappa shape index (κ1) is 18.6. The Morgan fingerprint density at radius 2 is 1.69 bits per heavy atom. The van der Waals surface area contributed by atoms with Gasteiger partial charge in [-0.3, -0.25) is 14.5 Å². The predicted molar refractivity (Wildman–Crippen MR) is 113 cm³/mol. The quantitative estimate of drug-likeness (QED) is 0.695. The van der Waals surface area contributed by atoms with Crippen LogP contribution in [0.5, 0.6) is 5.75 Å². The number of carbonyl (C=O) groups excluding carboxylic acids is 2. The fraction of sp³-hybridized carbons (Fsp3) is 0.130. The van der Waals surface area contributed by atoms with Gasteiger partial charge in [0.25, 0.3) is 5.91 Å². The summed E-state index contributed by atoms with van der Waals surface area (Å²) in [5.41, 5.74) is 3.64. The average Bonchev–Trinajstić information content (AvgIpc) is 2.74. The third-order valence-electron chi connectivity index (χ3n) is 4.82. The predicted octanol–water partition coefficient (Wildman–Crippen LogP) is 4.42. The van der Waals surface area contributed by atoms with E-state index in [1.807, 2.05) is 72.8 Å². The van der Waals surface area contributed by atoms with E-state index in [9.17, 15) is 9.59 Å². The molecule has 1 heterocycles. The van der Waals surface area contributed by atoms with Crippen LogP contribution in [0.2, 0.25) is 0 Å². The Hall–Kier alpha value is -3.80. The van der Waals surface area contributed by atoms with E-state index in [0.717, 1.165) is 11.3 Å². The van der Waals surface area contributed by atoms with Crippen molar-refractivity contribution in [2.45, 2.75) is 13.1 Å². The van der Waals surface area contributed by atoms with E-state index < -0.39 is 6.17 Å². The van der Waals surface area contributed by atoms with E-state index in [1.54, 1.807) is 12.0 Å². The third kappa shape index (κ3) is 3.52. The van der Waals surface area contributed by atoms with Gasteiger partial charge in [0.2, 0.25) is 5.91 Å². The second-order valence-electron chi connectivity index (χ2n) is 6.74. The van der Waals surface area contributed by atoms with Gasteiger partial charge < -0.3 is 15.4 Å². The zero-order chi connectivity index (χ0) is 20.4. The van der Waals surface area contributed by atoms with E-state index in [0.29, 0.717) is 22.7 Å². The molecule has 29 heavy (non-hydrogen) atoms. The van der Waals surface area contributed by atoms with Crippen LogP contribution >= 0.6 is 0 Å². The topological polar surface area (TPSA) is 70.7 Å². The van der Waals surface area contributed by atoms with Crippen LogP contribution in [0.25, 0.3) is 0 Å². The molecule has 6 nitrogen and oxygen atoms in total. The molecule has 1 unspecified atom stereocenters. The van der Waals surface area contributed by atoms with Crippen molar-refractivity contribution in [2.24, 2.45) is 0 Å². The van der Waals surface area contributed by atoms with Gasteiger partial charge in [-0.2, -0.15) is 0 Å². The second-order valence-corrected chi connectivity index (χ2v) is 6.74. The molecule has 146 valence electrons. The van der Waals surface area contributed by atoms with Crippen molar-refractivity contribution in [3.8, 4) is 5.75 Å². The van der Waals surface area contributed by atoms with Crippen molar-refractivity contribution in [3.05, 3.63) is 83.9 Å². The number of fused-ring (bicyclic) bond motifs is 1. The van der Waals surface area contributed by atoms with Crippen molar-refractivity contribution < 1.29 is 14.3 Å². The van der Waals surface area contributed by atoms with Gasteiger partial charge in [-0.15, -0.1) is 0 Å². The average molecular weight is 387 g/mol. The van der Waals surface area contributed by atoms with Gasteiger partial charge in [-0.05, 0) is 42.0 Å². The molecule has 1 aliphatic rings. The number of methoxy groups -OCH3 is 1. The molecule has 0 fully saturated rings. The van der Waals surface area contributed by atoms with Gasteiger partial charge in [0.15, 0.2) is 0 Å². The Morgan fingerprint density at radius 3 is 2.41 bits per heavy atom. The molecule has 2 amide bonds. The van der Waals surface area contributed by atoms with E-state index in [-0.39, 0.29) is 11.8 Å². The summed E-state index contributed by atoms with van der Waals surface area (Å²) in [6.45, 7) is 1.47. The van der Waals surface area contributed by atoms with E-state index >= 15 is 0 Å². The lowest BCUT2D eigenvalue weighted by Gasteiger charge is -2.38. The molecule has 0 bridgehead atoms. The summed E-state index contributed by atoms with van der Waals surface area (Å²) in [5.74, 6) is 0.370. The Kier molecular flexibility index (Phi) is 4.91. The molecule has 3 aromatic carbocycles. The van der Waals surface area contributed by atoms with Crippen molar-refractivity contribution in [3.63, 3.8) is 0 Å². The lowest BCUT2D eigenvalue weighted by atomic mass is 10.0. The lowest BCUT2D eigenvalue weighted by Crippen LogP contribution is -2.43. The number of amides is 2. The number of nitrogens with zero attached hydrogens (tertiary/aromatic N) is 1. The largest absolute Gasteiger partial charge is 0.495 e. The summed E-state index contributed by atoms with van der Waals surface area (Å²) < 4.78 is 5.51. The monoisotopic (exact) mass is 387 g/mol. The SMILES string of the molecule is COc1ccccc1N1C(=O)c2ccccc2NC1c1ccc(NC(C)=O)cc1. The standard InChI is InChI=1S/C23H21N3O3/c1-15(27)24-17-13-11-16(12-14-17)22-25-19-8-4-3-7-18(19)23(28)26(22)20-9-5-6-10-21(20)29-2/h3-14,22,25H,1-2H3,(H,24,27). The van der Waals surface area contributed by atoms with Gasteiger partial charge >= 0.3 is 0 Å². The maximum Gasteiger partial charge on any atom is 0.262 e. The molecular weight excluding hydrogens is 366 g/mol. The zero-order valence-corrected chi connectivity index (χ0v) is 16.2. The second kappa shape index (κ2) is 7.67. The van der Waals surface area contributed by atoms with E-state index in [1.165, 1.54) is 6.92 Å². The van der Waals surface area contributed by atoms with Gasteiger partial charge in [-0.1, -0.05) is 36.4 Å². The summed E-state index contributed by atoms with van der Waals surface area (Å²) in [4.78, 5) is 26.5. The van der Waals surface area contributed by atoms with Crippen LogP contribution in [0.4, 0.5) is 17.1 Å². The fourth-order valence-electron chi connectivity index (χ4n) is 3.52. The number of rotatable bonds is 4. The highest BCUT2D eigenvalue weighted by molar-refractivity contribution is 6.12. The Bertz CT molecular complexity index is 1060. The molecule has 0 saturated heterocycles. The van der Waals surface area contributed by atoms with E-state index in [4.69, 9.17) is 4.74 Å². The third-order valence-corrected chi connectivity index (χ3v) is 4.82. The first-order valence-electron chi connectivity index (χ1n) is 9.28. The molecule has 0 aromatic heterocycles. The van der Waals surface area contributed by atoms with Crippen LogP contribution in [-0.4, -0.2) is 18.9 Å². The Labute approximate surface area is 169 Å². The summed E-state index contributed by atoms with van der Waals surface area (Å²) in [6.07, 6.45) is -0.430. The maximum absolute atomic E-state index is 13.5. The van der Waals surface area contributed by atoms with Gasteiger partial charge in [0, 0.05) is 18.3 Å². The molecule has 6 heteroatoms. The van der Waals surface area contributed by atoms with Crippen LogP contribution in [0.15, 0.2) is 72.8 Å². The van der Waals surface area contributed by atoms with Gasteiger partial charge in [0.05, 0.1) is 18.4 Å². The molecule has 2 N–H and O–H groups in total. The zero-order valence-electron chi connectivity index (χ0n) is 16.2. The minimum Gasteiger partial charge on any atom is -0.495 e. The van der Waals surface area contributed by atoms with Crippen LogP contribution in [-0.2, 0) is 4.79 Å². The molecule has 0 aliphatic carbocycles. The minimum absolute atomic E-state index is 0.111. The molecule has 0 radical (unpaired) electrons. The van der Waals surface area contributed by atoms with Crippen molar-refractivity contribution in [2.75, 3.05) is 22.6 Å². The first-order chi connectivity index (χ1) is 14.1. The summed E-state index contributed by atoms with van der Waals surface area (Å²) in [7, 11) is 1.59. The number of hydrogen-bond acceptors (Lipinski definition) is 4. The fourth-order valence-corrected chi connectivity index (χ4v) is 3.52. The number of benzene rings is 3. The highest BCUT2D eigenvalue weighted by Gasteiger charge is 2.35. The van der Waals surface area contributed by atoms with Crippen LogP contribution in [0.3, 0.4) is 0 Å². The normalized spacial score (nSPS) is 15.3. The molecule has 1 atom stereocenters. The van der Waals surface area contributed by atoms with Crippen molar-refractivity contribution >= 4 is 28.9 Å². The van der Waals surface area contributed by atoms with Gasteiger partial charge in [0.1, 0.15) is 11.9 Å². The highest BCUT2D eigenvalue weighted by Crippen LogP contribution is 2.40. The molecule has 3 aromatic rings. The van der Waals surface area contributed by atoms with Crippen LogP contribution in [0.1, 0.15) is 29.0 Å². The van der Waals surface area contributed by atoms with Crippen LogP contribution in [0, 0.1) is 0 Å². The number of carbonyl (C=O) groups is 2. The smallest absolute Gasteiger partial charge is 0.262 e. The van der Waals surface area contributed by atoms with Crippen molar-refractivity contribution in [1.82, 2.24) is 0 Å². The van der Waals surface area contributed by atoms with E-state index in [2.05, 4.69) is 10.6 Å². The number of ether oxygens (including phenoxy) is 1. The summed E-state index contributed by atoms with van der Waals surface area (Å²) >= 11 is 0. The number of nitrogens with one attached hydrogen (secondary N) is 2. The van der Waals surface area contributed by atoms with Crippen molar-refractivity contribution in [1.29, 1.82) is 0 Å². The Morgan fingerprint density at radius 1 is 1.00 bits per heavy atom. The molecular formula is C23H21N3O3. The Balaban J connectivity index is 1.81. The molecule has 0 saturated carbocycles. The van der Waals surface area contributed by atoms with Crippen LogP contribution < -0.4 is 20.3 Å². The lowest BCUT2D eigenvalue weighted by molar-refractivity contribution is -0.114. The number of para-hydroxylation sites is 3. The highest BCUT2D eigenvalue weighted by atomic mass is 16.5. The number of hydrogen-bond donors (Lipinski definition) is 2. The summed E-state index contributed by atoms with van der Waals surface area (Å²) in [5, 5.41) is 6.23.